The summed E-state index contributed by atoms with van der Waals surface area (Å²) in [5.41, 5.74) is 21.3. The van der Waals surface area contributed by atoms with Crippen LogP contribution in [-0.2, 0) is 54.4 Å². The van der Waals surface area contributed by atoms with Gasteiger partial charge in [-0.3, -0.25) is 33.8 Å². The lowest BCUT2D eigenvalue weighted by molar-refractivity contribution is -0.148. The second kappa shape index (κ2) is 35.3. The van der Waals surface area contributed by atoms with Gasteiger partial charge in [0.25, 0.3) is 17.7 Å². The summed E-state index contributed by atoms with van der Waals surface area (Å²) in [5, 5.41) is 23.7. The van der Waals surface area contributed by atoms with Gasteiger partial charge in [0.2, 0.25) is 0 Å². The van der Waals surface area contributed by atoms with Crippen LogP contribution in [0.4, 0.5) is 0 Å². The molecule has 9 aromatic rings. The summed E-state index contributed by atoms with van der Waals surface area (Å²) in [4.78, 5) is 95.6. The number of hydrogen-bond donors (Lipinski definition) is 5. The topological polar surface area (TPSA) is 279 Å². The molecule has 7 aromatic carbocycles. The maximum atomic E-state index is 13.5. The first kappa shape index (κ1) is 74.4. The van der Waals surface area contributed by atoms with Crippen LogP contribution in [-0.4, -0.2) is 142 Å². The molecule has 103 heavy (non-hydrogen) atoms. The van der Waals surface area contributed by atoms with Crippen LogP contribution in [0, 0.1) is 34.0 Å². The minimum absolute atomic E-state index is 0.0711. The lowest BCUT2D eigenvalue weighted by atomic mass is 9.89. The van der Waals surface area contributed by atoms with Crippen molar-refractivity contribution in [3.05, 3.63) is 263 Å². The summed E-state index contributed by atoms with van der Waals surface area (Å²) >= 11 is 0. The largest absolute Gasteiger partial charge is 0.469 e. The number of methoxy groups -OCH3 is 3. The minimum atomic E-state index is -0.471. The van der Waals surface area contributed by atoms with Crippen LogP contribution < -0.4 is 5.73 Å². The molecular formula is C84H90N10O9. The number of H-pyrrole nitrogens is 1. The fourth-order valence-corrected chi connectivity index (χ4v) is 14.3. The number of nitrogens with zero attached hydrogens (tertiary/aromatic N) is 5. The lowest BCUT2D eigenvalue weighted by Gasteiger charge is -2.30. The van der Waals surface area contributed by atoms with Crippen LogP contribution >= 0.6 is 0 Å². The van der Waals surface area contributed by atoms with E-state index in [1.807, 2.05) is 191 Å². The molecule has 0 aliphatic carbocycles. The second-order valence-corrected chi connectivity index (χ2v) is 26.4. The first-order valence-corrected chi connectivity index (χ1v) is 34.9. The van der Waals surface area contributed by atoms with Gasteiger partial charge in [0.1, 0.15) is 0 Å². The van der Waals surface area contributed by atoms with Gasteiger partial charge in [-0.25, -0.2) is 4.98 Å². The smallest absolute Gasteiger partial charge is 0.311 e. The monoisotopic (exact) mass is 1380 g/mol. The third-order valence-corrected chi connectivity index (χ3v) is 19.7. The number of esters is 3. The van der Waals surface area contributed by atoms with Crippen molar-refractivity contribution in [2.45, 2.75) is 103 Å². The third kappa shape index (κ3) is 18.6. The number of nitrogens with one attached hydrogen (secondary N) is 4. The van der Waals surface area contributed by atoms with Gasteiger partial charge in [-0.2, -0.15) is 0 Å². The number of benzene rings is 7. The number of likely N-dealkylation sites (tertiary alicyclic amines) is 3. The number of amides is 3. The number of aromatic amines is 1. The number of ether oxygens (including phenoxy) is 3. The Bertz CT molecular complexity index is 4470. The highest BCUT2D eigenvalue weighted by Gasteiger charge is 2.42. The molecule has 6 atom stereocenters. The highest BCUT2D eigenvalue weighted by atomic mass is 16.5. The zero-order chi connectivity index (χ0) is 73.1. The SMILES string of the molecule is COC(=O)C(Cc1cccc(C(C)=N)c1)C1CCCN1C(=O)c1ccc(-c2cccc(CN)c2)cc1.COC(=O)C(Cc1cccc(C(C)=N)c1)C1CCCN1C(=O)c1ccc(-c2cccnc2)cc1.COC(=O)C(Cc1cccc(C(C)=N)c1)C1CCCN1C(=O)c1ccc(-c2cnc[nH]2)cc1. The lowest BCUT2D eigenvalue weighted by Crippen LogP contribution is -2.44. The Morgan fingerprint density at radius 2 is 0.786 bits per heavy atom. The molecule has 0 spiro atoms. The third-order valence-electron chi connectivity index (χ3n) is 19.7. The molecule has 530 valence electrons. The maximum absolute atomic E-state index is 13.5. The Labute approximate surface area is 602 Å². The molecule has 19 heteroatoms. The summed E-state index contributed by atoms with van der Waals surface area (Å²) in [7, 11) is 4.18. The van der Waals surface area contributed by atoms with E-state index in [0.29, 0.717) is 79.3 Å². The maximum Gasteiger partial charge on any atom is 0.311 e. The van der Waals surface area contributed by atoms with E-state index in [2.05, 4.69) is 21.0 Å². The van der Waals surface area contributed by atoms with Gasteiger partial charge in [-0.1, -0.05) is 115 Å². The van der Waals surface area contributed by atoms with Gasteiger partial charge in [0.05, 0.1) is 57.3 Å². The summed E-state index contributed by atoms with van der Waals surface area (Å²) in [6, 6.07) is 56.9. The molecule has 6 unspecified atom stereocenters. The van der Waals surface area contributed by atoms with Crippen molar-refractivity contribution in [2.24, 2.45) is 23.5 Å². The van der Waals surface area contributed by atoms with E-state index >= 15 is 0 Å². The standard InChI is InChI=1S/C30H33N3O3.C28H29N3O3.C26H28N4O3/c1-20(32)25-8-3-6-21(16-25)18-27(30(35)36-2)28-10-5-15-33(28)29(34)24-13-11-23(12-14-24)26-9-4-7-22(17-26)19-31;1-19(29)23-7-3-6-20(16-23)17-25(28(33)34-2)26-9-5-15-31(26)27(32)22-12-10-21(11-13-22)24-8-4-14-30-18-24;1-17(27)21-6-3-5-18(13-21)14-22(26(32)33-2)24-7-4-12-30(24)25(31)20-10-8-19(9-11-20)23-15-28-16-29-23/h3-4,6-9,11-14,16-17,27-28,32H,5,10,15,18-19,31H2,1-2H3;3-4,6-8,10-14,16,18,25-26,29H,5,9,15,17H2,1-2H3;3,5-6,8-11,13,15-16,22,24,27H,4,7,12,14H2,1-2H3,(H,28,29). The fourth-order valence-electron chi connectivity index (χ4n) is 14.3. The number of aromatic nitrogens is 3. The van der Waals surface area contributed by atoms with Crippen molar-refractivity contribution in [3.8, 4) is 33.5 Å². The number of pyridine rings is 1. The highest BCUT2D eigenvalue weighted by Crippen LogP contribution is 2.35. The van der Waals surface area contributed by atoms with Gasteiger partial charge in [-0.15, -0.1) is 0 Å². The molecule has 6 N–H and O–H groups in total. The zero-order valence-electron chi connectivity index (χ0n) is 59.3. The fraction of sp³-hybridized carbons (Fsp3) is 0.298. The molecular weight excluding hydrogens is 1290 g/mol. The molecule has 0 bridgehead atoms. The number of rotatable bonds is 22. The number of nitrogens with two attached hydrogens (primary N) is 1. The average Bonchev–Trinajstić information content (AvgIpc) is 1.74. The number of carbonyl (C=O) groups is 6. The van der Waals surface area contributed by atoms with E-state index < -0.39 is 17.8 Å². The predicted molar refractivity (Wildman–Crippen MR) is 400 cm³/mol. The first-order chi connectivity index (χ1) is 49.9. The Morgan fingerprint density at radius 1 is 0.427 bits per heavy atom. The second-order valence-electron chi connectivity index (χ2n) is 26.4. The summed E-state index contributed by atoms with van der Waals surface area (Å²) in [5.74, 6) is -2.56. The van der Waals surface area contributed by atoms with Crippen molar-refractivity contribution in [3.63, 3.8) is 0 Å². The number of carbonyl (C=O) groups excluding carboxylic acids is 6. The minimum Gasteiger partial charge on any atom is -0.469 e. The van der Waals surface area contributed by atoms with Crippen LogP contribution in [0.25, 0.3) is 33.5 Å². The van der Waals surface area contributed by atoms with Crippen molar-refractivity contribution in [2.75, 3.05) is 41.0 Å². The zero-order valence-corrected chi connectivity index (χ0v) is 59.3. The molecule has 19 nitrogen and oxygen atoms in total. The van der Waals surface area contributed by atoms with Crippen molar-refractivity contribution < 1.29 is 43.0 Å². The Kier molecular flexibility index (Phi) is 25.5. The normalized spacial score (nSPS) is 16.2. The Morgan fingerprint density at radius 3 is 1.13 bits per heavy atom. The van der Waals surface area contributed by atoms with E-state index in [4.69, 9.17) is 36.2 Å². The van der Waals surface area contributed by atoms with Crippen LogP contribution in [0.1, 0.15) is 129 Å². The molecule has 12 rings (SSSR count). The van der Waals surface area contributed by atoms with E-state index in [0.717, 1.165) is 111 Å². The summed E-state index contributed by atoms with van der Waals surface area (Å²) in [6.45, 7) is 7.54. The van der Waals surface area contributed by atoms with E-state index in [1.54, 1.807) is 45.7 Å². The van der Waals surface area contributed by atoms with Gasteiger partial charge in [0.15, 0.2) is 0 Å². The molecule has 3 saturated heterocycles. The van der Waals surface area contributed by atoms with Crippen molar-refractivity contribution in [1.82, 2.24) is 29.7 Å². The molecule has 3 aliphatic heterocycles. The number of hydrogen-bond acceptors (Lipinski definition) is 15. The quantitative estimate of drug-likeness (QED) is 0.0241. The van der Waals surface area contributed by atoms with Crippen LogP contribution in [0.3, 0.4) is 0 Å². The van der Waals surface area contributed by atoms with Gasteiger partial charge < -0.3 is 55.9 Å². The summed E-state index contributed by atoms with van der Waals surface area (Å²) in [6.07, 6.45) is 13.0. The summed E-state index contributed by atoms with van der Waals surface area (Å²) < 4.78 is 15.4. The van der Waals surface area contributed by atoms with Crippen LogP contribution in [0.15, 0.2) is 207 Å². The first-order valence-electron chi connectivity index (χ1n) is 34.9. The van der Waals surface area contributed by atoms with E-state index in [9.17, 15) is 28.8 Å². The van der Waals surface area contributed by atoms with Crippen molar-refractivity contribution in [1.29, 1.82) is 16.2 Å². The average molecular weight is 1380 g/mol. The van der Waals surface area contributed by atoms with Crippen LogP contribution in [0.5, 0.6) is 0 Å². The molecule has 3 fully saturated rings. The van der Waals surface area contributed by atoms with Gasteiger partial charge in [-0.05, 0) is 212 Å². The predicted octanol–water partition coefficient (Wildman–Crippen LogP) is 13.7. The number of imidazole rings is 1. The molecule has 3 aliphatic rings. The molecule has 2 aromatic heterocycles. The highest BCUT2D eigenvalue weighted by molar-refractivity contribution is 5.99. The Hall–Kier alpha value is -11.3. The molecule has 0 saturated carbocycles. The van der Waals surface area contributed by atoms with Gasteiger partial charge >= 0.3 is 17.9 Å². The van der Waals surface area contributed by atoms with Crippen molar-refractivity contribution >= 4 is 52.8 Å². The molecule has 0 radical (unpaired) electrons. The Balaban J connectivity index is 0.000000166. The van der Waals surface area contributed by atoms with E-state index in [-0.39, 0.29) is 53.8 Å². The van der Waals surface area contributed by atoms with Gasteiger partial charge in [0, 0.05) is 90.5 Å². The molecule has 5 heterocycles. The molecule has 3 amide bonds. The van der Waals surface area contributed by atoms with Crippen LogP contribution in [0.2, 0.25) is 0 Å². The van der Waals surface area contributed by atoms with E-state index in [1.165, 1.54) is 21.3 Å².